The van der Waals surface area contributed by atoms with Crippen molar-refractivity contribution in [2.24, 2.45) is 13.0 Å². The van der Waals surface area contributed by atoms with Crippen LogP contribution in [0.4, 0.5) is 0 Å². The molecular formula is C21H24N4O. The van der Waals surface area contributed by atoms with E-state index in [-0.39, 0.29) is 5.91 Å². The summed E-state index contributed by atoms with van der Waals surface area (Å²) in [4.78, 5) is 23.0. The van der Waals surface area contributed by atoms with E-state index in [1.807, 2.05) is 28.9 Å². The van der Waals surface area contributed by atoms with Gasteiger partial charge in [-0.25, -0.2) is 4.98 Å². The smallest absolute Gasteiger partial charge is 0.274 e. The van der Waals surface area contributed by atoms with Gasteiger partial charge in [-0.1, -0.05) is 18.2 Å². The Bertz CT molecular complexity index is 917. The maximum atomic E-state index is 12.6. The van der Waals surface area contributed by atoms with E-state index in [4.69, 9.17) is 0 Å². The van der Waals surface area contributed by atoms with E-state index in [2.05, 4.69) is 34.2 Å². The summed E-state index contributed by atoms with van der Waals surface area (Å²) in [6, 6.07) is 8.72. The number of nitrogens with zero attached hydrogens (tertiary/aromatic N) is 4. The van der Waals surface area contributed by atoms with Crippen molar-refractivity contribution in [3.8, 4) is 0 Å². The molecule has 26 heavy (non-hydrogen) atoms. The van der Waals surface area contributed by atoms with Crippen molar-refractivity contribution in [1.82, 2.24) is 19.4 Å². The lowest BCUT2D eigenvalue weighted by Gasteiger charge is -2.19. The largest absolute Gasteiger partial charge is 0.340 e. The van der Waals surface area contributed by atoms with Crippen LogP contribution < -0.4 is 0 Å². The lowest BCUT2D eigenvalue weighted by Crippen LogP contribution is -2.32. The van der Waals surface area contributed by atoms with Crippen molar-refractivity contribution in [3.63, 3.8) is 0 Å². The molecule has 0 radical (unpaired) electrons. The Morgan fingerprint density at radius 2 is 2.12 bits per heavy atom. The number of aryl methyl sites for hydroxylation is 1. The maximum absolute atomic E-state index is 12.6. The van der Waals surface area contributed by atoms with Gasteiger partial charge < -0.3 is 9.47 Å². The summed E-state index contributed by atoms with van der Waals surface area (Å²) in [5.74, 6) is 0.681. The summed E-state index contributed by atoms with van der Waals surface area (Å²) >= 11 is 0. The SMILES string of the molecule is Cn1cnc(C(=O)N2CCCC(Cc3ccc4cnccc4c3)CC2)c1. The molecule has 1 aliphatic heterocycles. The van der Waals surface area contributed by atoms with Crippen LogP contribution in [0.1, 0.15) is 35.3 Å². The first-order valence-corrected chi connectivity index (χ1v) is 9.29. The minimum Gasteiger partial charge on any atom is -0.340 e. The number of imidazole rings is 1. The summed E-state index contributed by atoms with van der Waals surface area (Å²) in [6.45, 7) is 1.65. The highest BCUT2D eigenvalue weighted by Gasteiger charge is 2.23. The Balaban J connectivity index is 1.40. The van der Waals surface area contributed by atoms with Crippen LogP contribution in [0.3, 0.4) is 0 Å². The Morgan fingerprint density at radius 3 is 2.96 bits per heavy atom. The molecule has 1 atom stereocenters. The molecule has 0 aliphatic carbocycles. The van der Waals surface area contributed by atoms with Gasteiger partial charge in [-0.15, -0.1) is 0 Å². The predicted octanol–water partition coefficient (Wildman–Crippen LogP) is 3.45. The number of pyridine rings is 1. The standard InChI is InChI=1S/C21H24N4O/c1-24-14-20(23-15-24)21(26)25-9-2-3-16(7-10-25)11-17-4-5-19-13-22-8-6-18(19)12-17/h4-6,8,12-16H,2-3,7,9-11H2,1H3. The zero-order chi connectivity index (χ0) is 17.9. The van der Waals surface area contributed by atoms with Crippen LogP contribution >= 0.6 is 0 Å². The van der Waals surface area contributed by atoms with Gasteiger partial charge in [0.25, 0.3) is 5.91 Å². The third-order valence-electron chi connectivity index (χ3n) is 5.29. The summed E-state index contributed by atoms with van der Waals surface area (Å²) in [5.41, 5.74) is 1.92. The normalized spacial score (nSPS) is 18.0. The Morgan fingerprint density at radius 1 is 1.19 bits per heavy atom. The predicted molar refractivity (Wildman–Crippen MR) is 102 cm³/mol. The molecule has 0 N–H and O–H groups in total. The highest BCUT2D eigenvalue weighted by Crippen LogP contribution is 2.24. The minimum absolute atomic E-state index is 0.0597. The quantitative estimate of drug-likeness (QED) is 0.728. The van der Waals surface area contributed by atoms with Gasteiger partial charge in [0.15, 0.2) is 0 Å². The van der Waals surface area contributed by atoms with Crippen molar-refractivity contribution in [3.05, 3.63) is 60.4 Å². The van der Waals surface area contributed by atoms with Crippen LogP contribution in [0.25, 0.3) is 10.8 Å². The van der Waals surface area contributed by atoms with Crippen molar-refractivity contribution in [2.45, 2.75) is 25.7 Å². The fraction of sp³-hybridized carbons (Fsp3) is 0.381. The van der Waals surface area contributed by atoms with Crippen molar-refractivity contribution in [2.75, 3.05) is 13.1 Å². The molecule has 3 aromatic rings. The van der Waals surface area contributed by atoms with E-state index < -0.39 is 0 Å². The van der Waals surface area contributed by atoms with Crippen LogP contribution in [-0.2, 0) is 13.5 Å². The highest BCUT2D eigenvalue weighted by molar-refractivity contribution is 5.92. The molecule has 134 valence electrons. The maximum Gasteiger partial charge on any atom is 0.274 e. The number of carbonyl (C=O) groups excluding carboxylic acids is 1. The molecule has 2 aromatic heterocycles. The minimum atomic E-state index is 0.0597. The van der Waals surface area contributed by atoms with Crippen LogP contribution in [0.2, 0.25) is 0 Å². The first-order valence-electron chi connectivity index (χ1n) is 9.29. The topological polar surface area (TPSA) is 51.0 Å². The Hall–Kier alpha value is -2.69. The van der Waals surface area contributed by atoms with Gasteiger partial charge in [0.2, 0.25) is 0 Å². The zero-order valence-electron chi connectivity index (χ0n) is 15.1. The number of amides is 1. The molecule has 0 spiro atoms. The number of aromatic nitrogens is 3. The molecular weight excluding hydrogens is 324 g/mol. The molecule has 1 amide bonds. The number of benzene rings is 1. The second kappa shape index (κ2) is 7.28. The number of hydrogen-bond donors (Lipinski definition) is 0. The number of carbonyl (C=O) groups is 1. The van der Waals surface area contributed by atoms with E-state index in [0.717, 1.165) is 32.4 Å². The average Bonchev–Trinajstić information content (AvgIpc) is 2.96. The Kier molecular flexibility index (Phi) is 4.69. The zero-order valence-corrected chi connectivity index (χ0v) is 15.1. The fourth-order valence-corrected chi connectivity index (χ4v) is 3.85. The van der Waals surface area contributed by atoms with E-state index in [0.29, 0.717) is 11.6 Å². The van der Waals surface area contributed by atoms with E-state index >= 15 is 0 Å². The Labute approximate surface area is 153 Å². The first kappa shape index (κ1) is 16.8. The molecule has 0 bridgehead atoms. The van der Waals surface area contributed by atoms with Gasteiger partial charge >= 0.3 is 0 Å². The number of hydrogen-bond acceptors (Lipinski definition) is 3. The summed E-state index contributed by atoms with van der Waals surface area (Å²) in [7, 11) is 1.89. The second-order valence-corrected chi connectivity index (χ2v) is 7.27. The van der Waals surface area contributed by atoms with Gasteiger partial charge in [-0.2, -0.15) is 0 Å². The summed E-state index contributed by atoms with van der Waals surface area (Å²) < 4.78 is 1.82. The van der Waals surface area contributed by atoms with Gasteiger partial charge in [0.1, 0.15) is 5.69 Å². The number of fused-ring (bicyclic) bond motifs is 1. The molecule has 0 saturated carbocycles. The second-order valence-electron chi connectivity index (χ2n) is 7.27. The van der Waals surface area contributed by atoms with Crippen molar-refractivity contribution >= 4 is 16.7 Å². The lowest BCUT2D eigenvalue weighted by molar-refractivity contribution is 0.0754. The molecule has 5 nitrogen and oxygen atoms in total. The van der Waals surface area contributed by atoms with Crippen LogP contribution in [0.5, 0.6) is 0 Å². The third-order valence-corrected chi connectivity index (χ3v) is 5.29. The van der Waals surface area contributed by atoms with Crippen molar-refractivity contribution < 1.29 is 4.79 Å². The molecule has 3 heterocycles. The molecule has 5 heteroatoms. The monoisotopic (exact) mass is 348 g/mol. The average molecular weight is 348 g/mol. The van der Waals surface area contributed by atoms with E-state index in [1.165, 1.54) is 22.8 Å². The van der Waals surface area contributed by atoms with Crippen LogP contribution in [0.15, 0.2) is 49.2 Å². The third kappa shape index (κ3) is 3.62. The van der Waals surface area contributed by atoms with Gasteiger partial charge in [-0.3, -0.25) is 9.78 Å². The van der Waals surface area contributed by atoms with E-state index in [9.17, 15) is 4.79 Å². The van der Waals surface area contributed by atoms with Crippen LogP contribution in [0, 0.1) is 5.92 Å². The number of likely N-dealkylation sites (tertiary alicyclic amines) is 1. The summed E-state index contributed by atoms with van der Waals surface area (Å²) in [5, 5.41) is 2.43. The van der Waals surface area contributed by atoms with Gasteiger partial charge in [0, 0.05) is 44.1 Å². The van der Waals surface area contributed by atoms with Crippen LogP contribution in [-0.4, -0.2) is 38.4 Å². The van der Waals surface area contributed by atoms with Gasteiger partial charge in [-0.05, 0) is 48.6 Å². The van der Waals surface area contributed by atoms with E-state index in [1.54, 1.807) is 12.5 Å². The molecule has 1 aliphatic rings. The summed E-state index contributed by atoms with van der Waals surface area (Å²) in [6.07, 6.45) is 11.6. The fourth-order valence-electron chi connectivity index (χ4n) is 3.85. The first-order chi connectivity index (χ1) is 12.7. The highest BCUT2D eigenvalue weighted by atomic mass is 16.2. The van der Waals surface area contributed by atoms with Gasteiger partial charge in [0.05, 0.1) is 6.33 Å². The molecule has 4 rings (SSSR count). The number of rotatable bonds is 3. The molecule has 1 unspecified atom stereocenters. The molecule has 1 fully saturated rings. The lowest BCUT2D eigenvalue weighted by atomic mass is 9.92. The molecule has 1 aromatic carbocycles. The molecule has 1 saturated heterocycles. The van der Waals surface area contributed by atoms with Crippen molar-refractivity contribution in [1.29, 1.82) is 0 Å².